The Morgan fingerprint density at radius 2 is 2.21 bits per heavy atom. The minimum absolute atomic E-state index is 0.209. The van der Waals surface area contributed by atoms with Crippen molar-refractivity contribution < 1.29 is 4.79 Å². The van der Waals surface area contributed by atoms with Crippen molar-refractivity contribution in [2.75, 3.05) is 24.5 Å². The van der Waals surface area contributed by atoms with E-state index in [-0.39, 0.29) is 11.3 Å². The van der Waals surface area contributed by atoms with Crippen LogP contribution in [-0.2, 0) is 4.79 Å². The predicted molar refractivity (Wildman–Crippen MR) is 79.4 cm³/mol. The van der Waals surface area contributed by atoms with Crippen molar-refractivity contribution in [1.29, 1.82) is 0 Å². The summed E-state index contributed by atoms with van der Waals surface area (Å²) in [6.07, 6.45) is 1.85. The fourth-order valence-electron chi connectivity index (χ4n) is 2.90. The number of anilines is 1. The normalized spacial score (nSPS) is 22.5. The molecule has 1 aliphatic heterocycles. The van der Waals surface area contributed by atoms with Crippen LogP contribution in [0.25, 0.3) is 0 Å². The van der Waals surface area contributed by atoms with Gasteiger partial charge in [0.25, 0.3) is 0 Å². The molecule has 3 heteroatoms. The van der Waals surface area contributed by atoms with E-state index < -0.39 is 0 Å². The number of nitrogens with one attached hydrogen (secondary N) is 1. The first-order valence-electron chi connectivity index (χ1n) is 7.22. The maximum atomic E-state index is 12.9. The average Bonchev–Trinajstić information content (AvgIpc) is 2.89. The Morgan fingerprint density at radius 1 is 1.42 bits per heavy atom. The summed E-state index contributed by atoms with van der Waals surface area (Å²) < 4.78 is 0. The Bertz CT molecular complexity index is 450. The standard InChI is InChI=1S/C16H24N2O/c1-4-16(9-10-17-12-16)15(19)18(5-2)14-8-6-7-13(3)11-14/h6-8,11,17H,4-5,9-10,12H2,1-3H3. The first-order valence-corrected chi connectivity index (χ1v) is 7.22. The number of nitrogens with zero attached hydrogens (tertiary/aromatic N) is 1. The van der Waals surface area contributed by atoms with Gasteiger partial charge in [-0.25, -0.2) is 0 Å². The van der Waals surface area contributed by atoms with E-state index in [9.17, 15) is 4.79 Å². The van der Waals surface area contributed by atoms with Crippen LogP contribution in [0.2, 0.25) is 0 Å². The highest BCUT2D eigenvalue weighted by molar-refractivity contribution is 5.98. The number of carbonyl (C=O) groups is 1. The summed E-state index contributed by atoms with van der Waals surface area (Å²) in [5.41, 5.74) is 2.01. The smallest absolute Gasteiger partial charge is 0.234 e. The summed E-state index contributed by atoms with van der Waals surface area (Å²) in [6, 6.07) is 8.20. The van der Waals surface area contributed by atoms with Crippen LogP contribution in [0.15, 0.2) is 24.3 Å². The Kier molecular flexibility index (Phi) is 4.25. The number of aryl methyl sites for hydroxylation is 1. The van der Waals surface area contributed by atoms with Gasteiger partial charge in [-0.3, -0.25) is 4.79 Å². The van der Waals surface area contributed by atoms with Gasteiger partial charge in [0.1, 0.15) is 0 Å². The van der Waals surface area contributed by atoms with Gasteiger partial charge >= 0.3 is 0 Å². The molecule has 1 heterocycles. The SMILES string of the molecule is CCN(C(=O)C1(CC)CCNC1)c1cccc(C)c1. The molecule has 1 saturated heterocycles. The second-order valence-corrected chi connectivity index (χ2v) is 5.45. The van der Waals surface area contributed by atoms with Crippen molar-refractivity contribution >= 4 is 11.6 Å². The molecule has 1 aliphatic rings. The zero-order valence-corrected chi connectivity index (χ0v) is 12.2. The lowest BCUT2D eigenvalue weighted by Gasteiger charge is -2.32. The predicted octanol–water partition coefficient (Wildman–Crippen LogP) is 2.74. The van der Waals surface area contributed by atoms with Gasteiger partial charge in [0.05, 0.1) is 5.41 Å². The monoisotopic (exact) mass is 260 g/mol. The molecule has 1 N–H and O–H groups in total. The molecule has 1 unspecified atom stereocenters. The first-order chi connectivity index (χ1) is 9.13. The molecule has 0 spiro atoms. The van der Waals surface area contributed by atoms with E-state index in [0.29, 0.717) is 0 Å². The Balaban J connectivity index is 2.29. The zero-order valence-electron chi connectivity index (χ0n) is 12.2. The molecule has 1 aromatic carbocycles. The summed E-state index contributed by atoms with van der Waals surface area (Å²) >= 11 is 0. The van der Waals surface area contributed by atoms with Crippen molar-refractivity contribution in [3.05, 3.63) is 29.8 Å². The van der Waals surface area contributed by atoms with E-state index in [0.717, 1.165) is 38.2 Å². The molecule has 0 aliphatic carbocycles. The highest BCUT2D eigenvalue weighted by Crippen LogP contribution is 2.33. The van der Waals surface area contributed by atoms with Crippen LogP contribution < -0.4 is 10.2 Å². The summed E-state index contributed by atoms with van der Waals surface area (Å²) in [6.45, 7) is 8.72. The fourth-order valence-corrected chi connectivity index (χ4v) is 2.90. The van der Waals surface area contributed by atoms with Gasteiger partial charge in [-0.1, -0.05) is 19.1 Å². The lowest BCUT2D eigenvalue weighted by atomic mass is 9.82. The summed E-state index contributed by atoms with van der Waals surface area (Å²) in [7, 11) is 0. The van der Waals surface area contributed by atoms with Gasteiger partial charge in [0.2, 0.25) is 5.91 Å². The third kappa shape index (κ3) is 2.66. The number of amides is 1. The first kappa shape index (κ1) is 14.1. The molecule has 0 saturated carbocycles. The molecule has 1 aromatic rings. The average molecular weight is 260 g/mol. The topological polar surface area (TPSA) is 32.3 Å². The zero-order chi connectivity index (χ0) is 13.9. The highest BCUT2D eigenvalue weighted by Gasteiger charge is 2.42. The van der Waals surface area contributed by atoms with Crippen LogP contribution in [0.4, 0.5) is 5.69 Å². The molecular formula is C16H24N2O. The van der Waals surface area contributed by atoms with Gasteiger partial charge in [-0.15, -0.1) is 0 Å². The molecule has 3 nitrogen and oxygen atoms in total. The van der Waals surface area contributed by atoms with E-state index in [4.69, 9.17) is 0 Å². The minimum Gasteiger partial charge on any atom is -0.316 e. The molecule has 0 radical (unpaired) electrons. The van der Waals surface area contributed by atoms with Crippen molar-refractivity contribution in [3.63, 3.8) is 0 Å². The summed E-state index contributed by atoms with van der Waals surface area (Å²) in [5, 5.41) is 3.34. The van der Waals surface area contributed by atoms with Crippen LogP contribution in [0.3, 0.4) is 0 Å². The van der Waals surface area contributed by atoms with Crippen LogP contribution in [0, 0.1) is 12.3 Å². The van der Waals surface area contributed by atoms with Crippen molar-refractivity contribution in [2.45, 2.75) is 33.6 Å². The Morgan fingerprint density at radius 3 is 2.74 bits per heavy atom. The molecular weight excluding hydrogens is 236 g/mol. The van der Waals surface area contributed by atoms with Crippen LogP contribution >= 0.6 is 0 Å². The van der Waals surface area contributed by atoms with Crippen molar-refractivity contribution in [3.8, 4) is 0 Å². The Labute approximate surface area is 116 Å². The maximum Gasteiger partial charge on any atom is 0.234 e. The minimum atomic E-state index is -0.209. The van der Waals surface area contributed by atoms with E-state index in [1.807, 2.05) is 24.0 Å². The third-order valence-corrected chi connectivity index (χ3v) is 4.25. The molecule has 1 amide bonds. The molecule has 0 bridgehead atoms. The second-order valence-electron chi connectivity index (χ2n) is 5.45. The number of hydrogen-bond acceptors (Lipinski definition) is 2. The number of rotatable bonds is 4. The molecule has 19 heavy (non-hydrogen) atoms. The lowest BCUT2D eigenvalue weighted by Crippen LogP contribution is -2.45. The van der Waals surface area contributed by atoms with E-state index in [2.05, 4.69) is 31.3 Å². The largest absolute Gasteiger partial charge is 0.316 e. The van der Waals surface area contributed by atoms with E-state index in [1.54, 1.807) is 0 Å². The van der Waals surface area contributed by atoms with Gasteiger partial charge in [0.15, 0.2) is 0 Å². The number of benzene rings is 1. The molecule has 1 fully saturated rings. The van der Waals surface area contributed by atoms with E-state index >= 15 is 0 Å². The molecule has 0 aromatic heterocycles. The molecule has 104 valence electrons. The van der Waals surface area contributed by atoms with Crippen LogP contribution in [0.1, 0.15) is 32.3 Å². The fraction of sp³-hybridized carbons (Fsp3) is 0.562. The lowest BCUT2D eigenvalue weighted by molar-refractivity contribution is -0.127. The Hall–Kier alpha value is -1.35. The highest BCUT2D eigenvalue weighted by atomic mass is 16.2. The third-order valence-electron chi connectivity index (χ3n) is 4.25. The second kappa shape index (κ2) is 5.74. The van der Waals surface area contributed by atoms with Gasteiger partial charge in [-0.05, 0) is 50.9 Å². The van der Waals surface area contributed by atoms with Crippen molar-refractivity contribution in [2.24, 2.45) is 5.41 Å². The molecule has 1 atom stereocenters. The number of carbonyl (C=O) groups excluding carboxylic acids is 1. The quantitative estimate of drug-likeness (QED) is 0.903. The number of hydrogen-bond donors (Lipinski definition) is 1. The van der Waals surface area contributed by atoms with Crippen LogP contribution in [-0.4, -0.2) is 25.5 Å². The maximum absolute atomic E-state index is 12.9. The van der Waals surface area contributed by atoms with Gasteiger partial charge < -0.3 is 10.2 Å². The molecule has 2 rings (SSSR count). The van der Waals surface area contributed by atoms with Gasteiger partial charge in [0, 0.05) is 18.8 Å². The van der Waals surface area contributed by atoms with Gasteiger partial charge in [-0.2, -0.15) is 0 Å². The van der Waals surface area contributed by atoms with Crippen molar-refractivity contribution in [1.82, 2.24) is 5.32 Å². The van der Waals surface area contributed by atoms with E-state index in [1.165, 1.54) is 5.56 Å². The van der Waals surface area contributed by atoms with Crippen LogP contribution in [0.5, 0.6) is 0 Å². The summed E-state index contributed by atoms with van der Waals surface area (Å²) in [5.74, 6) is 0.271. The summed E-state index contributed by atoms with van der Waals surface area (Å²) in [4.78, 5) is 14.9.